The van der Waals surface area contributed by atoms with E-state index in [4.69, 9.17) is 0 Å². The molecule has 3 nitrogen and oxygen atoms in total. The highest BCUT2D eigenvalue weighted by Gasteiger charge is 2.17. The summed E-state index contributed by atoms with van der Waals surface area (Å²) in [6, 6.07) is 0.203. The Hall–Kier alpha value is -0.450. The first kappa shape index (κ1) is 14.6. The molecule has 2 unspecified atom stereocenters. The van der Waals surface area contributed by atoms with Crippen molar-refractivity contribution in [3.8, 4) is 0 Å². The van der Waals surface area contributed by atoms with E-state index in [9.17, 15) is 5.11 Å². The highest BCUT2D eigenvalue weighted by atomic mass is 32.1. The van der Waals surface area contributed by atoms with Crippen molar-refractivity contribution in [2.24, 2.45) is 5.41 Å². The number of aliphatic hydroxyl groups excluding tert-OH is 1. The van der Waals surface area contributed by atoms with Gasteiger partial charge in [-0.1, -0.05) is 20.8 Å². The number of aliphatic hydroxyl groups is 1. The van der Waals surface area contributed by atoms with E-state index in [1.165, 1.54) is 0 Å². The van der Waals surface area contributed by atoms with Crippen LogP contribution in [0.4, 0.5) is 0 Å². The van der Waals surface area contributed by atoms with Crippen LogP contribution in [0.25, 0.3) is 0 Å². The van der Waals surface area contributed by atoms with Crippen molar-refractivity contribution in [2.45, 2.75) is 53.2 Å². The topological polar surface area (TPSA) is 45.2 Å². The van der Waals surface area contributed by atoms with Gasteiger partial charge in [0.15, 0.2) is 0 Å². The molecule has 0 aliphatic rings. The van der Waals surface area contributed by atoms with E-state index in [2.05, 4.69) is 43.4 Å². The first-order valence-corrected chi connectivity index (χ1v) is 6.99. The van der Waals surface area contributed by atoms with E-state index in [-0.39, 0.29) is 17.6 Å². The first-order valence-electron chi connectivity index (χ1n) is 6.11. The van der Waals surface area contributed by atoms with Crippen LogP contribution in [0.15, 0.2) is 5.38 Å². The minimum Gasteiger partial charge on any atom is -0.392 e. The molecule has 0 radical (unpaired) electrons. The van der Waals surface area contributed by atoms with Gasteiger partial charge in [-0.15, -0.1) is 11.3 Å². The van der Waals surface area contributed by atoms with Crippen molar-refractivity contribution in [3.05, 3.63) is 16.1 Å². The molecule has 1 aromatic rings. The minimum absolute atomic E-state index is 0.168. The first-order chi connectivity index (χ1) is 7.78. The number of nitrogens with zero attached hydrogens (tertiary/aromatic N) is 1. The standard InChI is InChI=1S/C13H24N2OS/c1-9(12-8-17-10(2)15-12)14-7-11(16)6-13(3,4)5/h8-9,11,14,16H,6-7H2,1-5H3. The van der Waals surface area contributed by atoms with Gasteiger partial charge in [0.1, 0.15) is 0 Å². The summed E-state index contributed by atoms with van der Waals surface area (Å²) in [7, 11) is 0. The largest absolute Gasteiger partial charge is 0.392 e. The number of rotatable bonds is 5. The van der Waals surface area contributed by atoms with Gasteiger partial charge in [0.2, 0.25) is 0 Å². The van der Waals surface area contributed by atoms with Crippen LogP contribution in [0.5, 0.6) is 0 Å². The zero-order valence-electron chi connectivity index (χ0n) is 11.4. The number of aromatic nitrogens is 1. The number of aryl methyl sites for hydroxylation is 1. The number of hydrogen-bond acceptors (Lipinski definition) is 4. The molecular formula is C13H24N2OS. The van der Waals surface area contributed by atoms with Crippen molar-refractivity contribution in [1.82, 2.24) is 10.3 Å². The molecule has 2 atom stereocenters. The van der Waals surface area contributed by atoms with E-state index in [0.717, 1.165) is 17.1 Å². The van der Waals surface area contributed by atoms with Crippen LogP contribution >= 0.6 is 11.3 Å². The second kappa shape index (κ2) is 5.94. The van der Waals surface area contributed by atoms with E-state index < -0.39 is 0 Å². The Bertz CT molecular complexity index is 343. The lowest BCUT2D eigenvalue weighted by molar-refractivity contribution is 0.117. The zero-order valence-corrected chi connectivity index (χ0v) is 12.3. The van der Waals surface area contributed by atoms with Crippen LogP contribution < -0.4 is 5.32 Å². The Kier molecular flexibility index (Phi) is 5.10. The summed E-state index contributed by atoms with van der Waals surface area (Å²) in [5, 5.41) is 16.4. The summed E-state index contributed by atoms with van der Waals surface area (Å²) in [6.07, 6.45) is 0.514. The lowest BCUT2D eigenvalue weighted by atomic mass is 9.89. The van der Waals surface area contributed by atoms with Crippen LogP contribution in [0.2, 0.25) is 0 Å². The molecular weight excluding hydrogens is 232 g/mol. The van der Waals surface area contributed by atoms with Crippen molar-refractivity contribution < 1.29 is 5.11 Å². The maximum absolute atomic E-state index is 9.91. The van der Waals surface area contributed by atoms with Crippen molar-refractivity contribution in [3.63, 3.8) is 0 Å². The van der Waals surface area contributed by atoms with Gasteiger partial charge in [0.25, 0.3) is 0 Å². The smallest absolute Gasteiger partial charge is 0.0898 e. The van der Waals surface area contributed by atoms with Crippen LogP contribution in [0, 0.1) is 12.3 Å². The number of nitrogens with one attached hydrogen (secondary N) is 1. The molecule has 0 aliphatic heterocycles. The molecule has 2 N–H and O–H groups in total. The average Bonchev–Trinajstić information content (AvgIpc) is 2.58. The van der Waals surface area contributed by atoms with E-state index in [1.807, 2.05) is 6.92 Å². The fourth-order valence-electron chi connectivity index (χ4n) is 1.78. The fourth-order valence-corrected chi connectivity index (χ4v) is 2.48. The lowest BCUT2D eigenvalue weighted by Gasteiger charge is -2.23. The maximum Gasteiger partial charge on any atom is 0.0898 e. The van der Waals surface area contributed by atoms with Crippen LogP contribution in [0.3, 0.4) is 0 Å². The molecule has 17 heavy (non-hydrogen) atoms. The van der Waals surface area contributed by atoms with Crippen molar-refractivity contribution >= 4 is 11.3 Å². The number of thiazole rings is 1. The average molecular weight is 256 g/mol. The van der Waals surface area contributed by atoms with Gasteiger partial charge < -0.3 is 10.4 Å². The Labute approximate surface area is 108 Å². The van der Waals surface area contributed by atoms with E-state index in [0.29, 0.717) is 6.54 Å². The molecule has 0 aromatic carbocycles. The van der Waals surface area contributed by atoms with Crippen LogP contribution in [0.1, 0.15) is 50.9 Å². The van der Waals surface area contributed by atoms with Gasteiger partial charge in [-0.3, -0.25) is 0 Å². The summed E-state index contributed by atoms with van der Waals surface area (Å²) in [4.78, 5) is 4.44. The molecule has 1 heterocycles. The maximum atomic E-state index is 9.91. The number of hydrogen-bond donors (Lipinski definition) is 2. The Balaban J connectivity index is 2.35. The van der Waals surface area contributed by atoms with Gasteiger partial charge in [0.05, 0.1) is 16.8 Å². The Morgan fingerprint density at radius 3 is 2.59 bits per heavy atom. The quantitative estimate of drug-likeness (QED) is 0.851. The monoisotopic (exact) mass is 256 g/mol. The third kappa shape index (κ3) is 5.61. The normalized spacial score (nSPS) is 15.9. The van der Waals surface area contributed by atoms with Crippen LogP contribution in [-0.2, 0) is 0 Å². The summed E-state index contributed by atoms with van der Waals surface area (Å²) >= 11 is 1.66. The predicted octanol–water partition coefficient (Wildman–Crippen LogP) is 2.90. The zero-order chi connectivity index (χ0) is 13.1. The molecule has 1 rings (SSSR count). The van der Waals surface area contributed by atoms with Gasteiger partial charge in [-0.2, -0.15) is 0 Å². The molecule has 0 aliphatic carbocycles. The molecule has 98 valence electrons. The third-order valence-electron chi connectivity index (χ3n) is 2.59. The molecule has 0 spiro atoms. The fraction of sp³-hybridized carbons (Fsp3) is 0.769. The minimum atomic E-state index is -0.294. The highest BCUT2D eigenvalue weighted by Crippen LogP contribution is 2.21. The molecule has 4 heteroatoms. The highest BCUT2D eigenvalue weighted by molar-refractivity contribution is 7.09. The van der Waals surface area contributed by atoms with Gasteiger partial charge in [-0.05, 0) is 25.7 Å². The Morgan fingerprint density at radius 2 is 2.12 bits per heavy atom. The summed E-state index contributed by atoms with van der Waals surface area (Å²) in [5.41, 5.74) is 1.23. The molecule has 0 fully saturated rings. The second-order valence-corrected chi connectivity index (χ2v) is 6.90. The third-order valence-corrected chi connectivity index (χ3v) is 3.38. The summed E-state index contributed by atoms with van der Waals surface area (Å²) in [5.74, 6) is 0. The lowest BCUT2D eigenvalue weighted by Crippen LogP contribution is -2.31. The molecule has 0 bridgehead atoms. The molecule has 0 saturated heterocycles. The predicted molar refractivity (Wildman–Crippen MR) is 73.3 cm³/mol. The summed E-state index contributed by atoms with van der Waals surface area (Å²) in [6.45, 7) is 11.1. The van der Waals surface area contributed by atoms with Gasteiger partial charge in [-0.25, -0.2) is 4.98 Å². The van der Waals surface area contributed by atoms with Gasteiger partial charge in [0, 0.05) is 18.0 Å². The SMILES string of the molecule is Cc1nc(C(C)NCC(O)CC(C)(C)C)cs1. The molecule has 1 aromatic heterocycles. The van der Waals surface area contributed by atoms with Crippen molar-refractivity contribution in [2.75, 3.05) is 6.54 Å². The van der Waals surface area contributed by atoms with E-state index in [1.54, 1.807) is 11.3 Å². The van der Waals surface area contributed by atoms with Crippen LogP contribution in [-0.4, -0.2) is 22.7 Å². The Morgan fingerprint density at radius 1 is 1.47 bits per heavy atom. The summed E-state index contributed by atoms with van der Waals surface area (Å²) < 4.78 is 0. The van der Waals surface area contributed by atoms with Crippen molar-refractivity contribution in [1.29, 1.82) is 0 Å². The van der Waals surface area contributed by atoms with Gasteiger partial charge >= 0.3 is 0 Å². The molecule has 0 amide bonds. The second-order valence-electron chi connectivity index (χ2n) is 5.84. The molecule has 0 saturated carbocycles. The van der Waals surface area contributed by atoms with E-state index >= 15 is 0 Å².